The number of para-hydroxylation sites is 2. The van der Waals surface area contributed by atoms with E-state index in [1.54, 1.807) is 25.4 Å². The van der Waals surface area contributed by atoms with Gasteiger partial charge >= 0.3 is 0 Å². The average molecular weight is 389 g/mol. The number of sulfone groups is 1. The van der Waals surface area contributed by atoms with E-state index >= 15 is 0 Å². The fourth-order valence-corrected chi connectivity index (χ4v) is 4.85. The van der Waals surface area contributed by atoms with Crippen molar-refractivity contribution in [1.82, 2.24) is 9.88 Å². The predicted molar refractivity (Wildman–Crippen MR) is 104 cm³/mol. The maximum atomic E-state index is 12.8. The monoisotopic (exact) mass is 389 g/mol. The second-order valence-electron chi connectivity index (χ2n) is 6.46. The summed E-state index contributed by atoms with van der Waals surface area (Å²) in [5.74, 6) is 1.15. The number of carbonyl (C=O) groups is 1. The fourth-order valence-electron chi connectivity index (χ4n) is 3.07. The normalized spacial score (nSPS) is 18.1. The minimum absolute atomic E-state index is 0.0210. The molecule has 1 unspecified atom stereocenters. The Labute approximate surface area is 159 Å². The molecule has 144 valence electrons. The summed E-state index contributed by atoms with van der Waals surface area (Å²) in [5.41, 5.74) is 1.21. The summed E-state index contributed by atoms with van der Waals surface area (Å²) >= 11 is 0. The first kappa shape index (κ1) is 19.2. The van der Waals surface area contributed by atoms with Gasteiger partial charge in [0.05, 0.1) is 23.8 Å². The Morgan fingerprint density at radius 1 is 1.33 bits per heavy atom. The van der Waals surface area contributed by atoms with E-state index in [-0.39, 0.29) is 23.5 Å². The number of benzene rings is 1. The molecule has 1 fully saturated rings. The fraction of sp³-hybridized carbons (Fsp3) is 0.368. The number of hydrogen-bond acceptors (Lipinski definition) is 6. The number of amides is 1. The molecule has 2 aromatic rings. The van der Waals surface area contributed by atoms with Crippen molar-refractivity contribution in [2.45, 2.75) is 19.4 Å². The first-order valence-electron chi connectivity index (χ1n) is 8.82. The highest BCUT2D eigenvalue weighted by Gasteiger charge is 2.33. The van der Waals surface area contributed by atoms with E-state index in [1.165, 1.54) is 4.90 Å². The van der Waals surface area contributed by atoms with Crippen molar-refractivity contribution in [2.75, 3.05) is 30.5 Å². The number of ether oxygens (including phenoxy) is 1. The number of hydrogen-bond donors (Lipinski definition) is 1. The highest BCUT2D eigenvalue weighted by Crippen LogP contribution is 2.27. The van der Waals surface area contributed by atoms with Gasteiger partial charge in [0.2, 0.25) is 0 Å². The zero-order valence-corrected chi connectivity index (χ0v) is 16.2. The SMILES string of the molecule is CCOc1ccccc1Nc1cc(C(=O)N(C)C2CCS(=O)(=O)C2)ccn1. The first-order chi connectivity index (χ1) is 12.9. The number of anilines is 2. The summed E-state index contributed by atoms with van der Waals surface area (Å²) in [7, 11) is -1.40. The Kier molecular flexibility index (Phi) is 5.65. The van der Waals surface area contributed by atoms with Gasteiger partial charge in [-0.3, -0.25) is 4.79 Å². The van der Waals surface area contributed by atoms with Gasteiger partial charge in [0.1, 0.15) is 11.6 Å². The van der Waals surface area contributed by atoms with Crippen LogP contribution in [0, 0.1) is 0 Å². The Hall–Kier alpha value is -2.61. The van der Waals surface area contributed by atoms with E-state index in [4.69, 9.17) is 4.74 Å². The van der Waals surface area contributed by atoms with Crippen LogP contribution in [0.1, 0.15) is 23.7 Å². The number of nitrogens with one attached hydrogen (secondary N) is 1. The van der Waals surface area contributed by atoms with Gasteiger partial charge in [-0.15, -0.1) is 0 Å². The van der Waals surface area contributed by atoms with Crippen LogP contribution in [0.5, 0.6) is 5.75 Å². The Bertz CT molecular complexity index is 930. The Morgan fingerprint density at radius 3 is 2.81 bits per heavy atom. The number of rotatable bonds is 6. The molecular formula is C19H23N3O4S. The standard InChI is InChI=1S/C19H23N3O4S/c1-3-26-17-7-5-4-6-16(17)21-18-12-14(8-10-20-18)19(23)22(2)15-9-11-27(24,25)13-15/h4-8,10,12,15H,3,9,11,13H2,1-2H3,(H,20,21). The van der Waals surface area contributed by atoms with Crippen molar-refractivity contribution in [3.05, 3.63) is 48.2 Å². The average Bonchev–Trinajstić information content (AvgIpc) is 3.02. The third-order valence-corrected chi connectivity index (χ3v) is 6.28. The lowest BCUT2D eigenvalue weighted by atomic mass is 10.1. The quantitative estimate of drug-likeness (QED) is 0.817. The van der Waals surface area contributed by atoms with Crippen LogP contribution < -0.4 is 10.1 Å². The molecule has 1 aliphatic heterocycles. The predicted octanol–water partition coefficient (Wildman–Crippen LogP) is 2.48. The van der Waals surface area contributed by atoms with Crippen molar-refractivity contribution in [2.24, 2.45) is 0 Å². The zero-order valence-electron chi connectivity index (χ0n) is 15.4. The molecule has 1 aromatic carbocycles. The minimum atomic E-state index is -3.05. The van der Waals surface area contributed by atoms with E-state index in [2.05, 4.69) is 10.3 Å². The molecule has 1 saturated heterocycles. The Morgan fingerprint density at radius 2 is 2.11 bits per heavy atom. The van der Waals surface area contributed by atoms with Gasteiger partial charge in [-0.05, 0) is 37.6 Å². The van der Waals surface area contributed by atoms with Crippen molar-refractivity contribution < 1.29 is 17.9 Å². The third kappa shape index (κ3) is 4.57. The van der Waals surface area contributed by atoms with Crippen LogP contribution in [0.3, 0.4) is 0 Å². The van der Waals surface area contributed by atoms with Crippen molar-refractivity contribution >= 4 is 27.2 Å². The van der Waals surface area contributed by atoms with E-state index in [0.29, 0.717) is 30.2 Å². The molecular weight excluding hydrogens is 366 g/mol. The first-order valence-corrected chi connectivity index (χ1v) is 10.6. The molecule has 1 amide bonds. The van der Waals surface area contributed by atoms with Gasteiger partial charge in [0.15, 0.2) is 9.84 Å². The molecule has 3 rings (SSSR count). The van der Waals surface area contributed by atoms with E-state index in [1.807, 2.05) is 31.2 Å². The summed E-state index contributed by atoms with van der Waals surface area (Å²) in [6, 6.07) is 10.5. The van der Waals surface area contributed by atoms with E-state index in [9.17, 15) is 13.2 Å². The van der Waals surface area contributed by atoms with Crippen molar-refractivity contribution in [1.29, 1.82) is 0 Å². The van der Waals surface area contributed by atoms with Crippen LogP contribution in [0.25, 0.3) is 0 Å². The minimum Gasteiger partial charge on any atom is -0.492 e. The second-order valence-corrected chi connectivity index (χ2v) is 8.69. The van der Waals surface area contributed by atoms with Gasteiger partial charge < -0.3 is 15.0 Å². The molecule has 8 heteroatoms. The van der Waals surface area contributed by atoms with Crippen LogP contribution in [0.2, 0.25) is 0 Å². The van der Waals surface area contributed by atoms with Crippen molar-refractivity contribution in [3.63, 3.8) is 0 Å². The summed E-state index contributed by atoms with van der Waals surface area (Å²) in [4.78, 5) is 18.5. The topological polar surface area (TPSA) is 88.6 Å². The third-order valence-electron chi connectivity index (χ3n) is 4.53. The van der Waals surface area contributed by atoms with E-state index < -0.39 is 9.84 Å². The smallest absolute Gasteiger partial charge is 0.254 e. The maximum Gasteiger partial charge on any atom is 0.254 e. The van der Waals surface area contributed by atoms with Crippen LogP contribution in [-0.4, -0.2) is 55.4 Å². The highest BCUT2D eigenvalue weighted by molar-refractivity contribution is 7.91. The van der Waals surface area contributed by atoms with Crippen molar-refractivity contribution in [3.8, 4) is 5.75 Å². The number of nitrogens with zero attached hydrogens (tertiary/aromatic N) is 2. The number of carbonyl (C=O) groups excluding carboxylic acids is 1. The van der Waals surface area contributed by atoms with Gasteiger partial charge in [-0.25, -0.2) is 13.4 Å². The summed E-state index contributed by atoms with van der Waals surface area (Å²) in [6.45, 7) is 2.45. The molecule has 1 atom stereocenters. The summed E-state index contributed by atoms with van der Waals surface area (Å²) in [6.07, 6.45) is 2.03. The van der Waals surface area contributed by atoms with Crippen LogP contribution in [0.15, 0.2) is 42.6 Å². The van der Waals surface area contributed by atoms with Crippen LogP contribution in [-0.2, 0) is 9.84 Å². The molecule has 1 N–H and O–H groups in total. The molecule has 0 bridgehead atoms. The zero-order chi connectivity index (χ0) is 19.4. The molecule has 0 saturated carbocycles. The molecule has 1 aromatic heterocycles. The molecule has 0 radical (unpaired) electrons. The lowest BCUT2D eigenvalue weighted by Gasteiger charge is -2.23. The molecule has 0 aliphatic carbocycles. The lowest BCUT2D eigenvalue weighted by Crippen LogP contribution is -2.37. The lowest BCUT2D eigenvalue weighted by molar-refractivity contribution is 0.0747. The largest absolute Gasteiger partial charge is 0.492 e. The highest BCUT2D eigenvalue weighted by atomic mass is 32.2. The van der Waals surface area contributed by atoms with Gasteiger partial charge in [0, 0.05) is 24.8 Å². The molecule has 0 spiro atoms. The van der Waals surface area contributed by atoms with E-state index in [0.717, 1.165) is 5.69 Å². The molecule has 2 heterocycles. The summed E-state index contributed by atoms with van der Waals surface area (Å²) in [5, 5.41) is 3.17. The molecule has 1 aliphatic rings. The number of pyridine rings is 1. The van der Waals surface area contributed by atoms with Gasteiger partial charge in [-0.1, -0.05) is 12.1 Å². The Balaban J connectivity index is 1.77. The molecule has 27 heavy (non-hydrogen) atoms. The summed E-state index contributed by atoms with van der Waals surface area (Å²) < 4.78 is 28.9. The number of aromatic nitrogens is 1. The maximum absolute atomic E-state index is 12.8. The van der Waals surface area contributed by atoms with Gasteiger partial charge in [0.25, 0.3) is 5.91 Å². The van der Waals surface area contributed by atoms with Crippen LogP contribution >= 0.6 is 0 Å². The van der Waals surface area contributed by atoms with Gasteiger partial charge in [-0.2, -0.15) is 0 Å². The second kappa shape index (κ2) is 7.96. The van der Waals surface area contributed by atoms with Crippen LogP contribution in [0.4, 0.5) is 11.5 Å². The molecule has 7 nitrogen and oxygen atoms in total.